The Labute approximate surface area is 154 Å². The Morgan fingerprint density at radius 2 is 2.08 bits per heavy atom. The number of likely N-dealkylation sites (tertiary alicyclic amines) is 2. The Morgan fingerprint density at radius 3 is 2.85 bits per heavy atom. The molecule has 5 nitrogen and oxygen atoms in total. The topological polar surface area (TPSA) is 45.7 Å². The highest BCUT2D eigenvalue weighted by molar-refractivity contribution is 5.97. The third-order valence-electron chi connectivity index (χ3n) is 6.18. The number of piperidine rings is 1. The van der Waals surface area contributed by atoms with Crippen LogP contribution in [0.4, 0.5) is 0 Å². The summed E-state index contributed by atoms with van der Waals surface area (Å²) in [6.07, 6.45) is 5.04. The highest BCUT2D eigenvalue weighted by atomic mass is 16.5. The molecular formula is C21H27N3O2. The predicted octanol–water partition coefficient (Wildman–Crippen LogP) is 2.81. The summed E-state index contributed by atoms with van der Waals surface area (Å²) in [4.78, 5) is 21.8. The average molecular weight is 353 g/mol. The van der Waals surface area contributed by atoms with Crippen LogP contribution in [-0.4, -0.2) is 67.1 Å². The van der Waals surface area contributed by atoms with Crippen molar-refractivity contribution < 1.29 is 9.53 Å². The molecule has 0 saturated carbocycles. The van der Waals surface area contributed by atoms with Gasteiger partial charge in [0.2, 0.25) is 0 Å². The van der Waals surface area contributed by atoms with E-state index in [2.05, 4.69) is 16.9 Å². The summed E-state index contributed by atoms with van der Waals surface area (Å²) in [6, 6.07) is 10.4. The average Bonchev–Trinajstić information content (AvgIpc) is 2.96. The van der Waals surface area contributed by atoms with Crippen LogP contribution in [0.3, 0.4) is 0 Å². The second-order valence-electron chi connectivity index (χ2n) is 7.94. The van der Waals surface area contributed by atoms with Gasteiger partial charge in [-0.3, -0.25) is 9.78 Å². The molecule has 0 bridgehead atoms. The number of pyridine rings is 1. The summed E-state index contributed by atoms with van der Waals surface area (Å²) in [5.41, 5.74) is 1.97. The summed E-state index contributed by atoms with van der Waals surface area (Å²) in [6.45, 7) is 3.57. The zero-order valence-corrected chi connectivity index (χ0v) is 15.6. The van der Waals surface area contributed by atoms with Crippen molar-refractivity contribution in [2.45, 2.75) is 25.3 Å². The van der Waals surface area contributed by atoms with E-state index < -0.39 is 0 Å². The van der Waals surface area contributed by atoms with Crippen LogP contribution >= 0.6 is 0 Å². The number of nitrogens with zero attached hydrogens (tertiary/aromatic N) is 3. The third-order valence-corrected chi connectivity index (χ3v) is 6.18. The number of carbonyl (C=O) groups excluding carboxylic acids is 1. The van der Waals surface area contributed by atoms with E-state index in [1.807, 2.05) is 35.2 Å². The van der Waals surface area contributed by atoms with Crippen molar-refractivity contribution in [2.75, 3.05) is 40.4 Å². The van der Waals surface area contributed by atoms with Crippen molar-refractivity contribution in [2.24, 2.45) is 5.41 Å². The standard InChI is InChI=1S/C21H27N3O2/c1-23-15-21(12-18(23)14-26-2)7-9-24(10-8-21)20(25)17-11-16-5-3-4-6-19(16)22-13-17/h3-6,11,13,18H,7-10,12,14-15H2,1-2H3/t18-/m0/s1. The number of hydrogen-bond acceptors (Lipinski definition) is 4. The van der Waals surface area contributed by atoms with E-state index in [9.17, 15) is 4.79 Å². The fourth-order valence-corrected chi connectivity index (χ4v) is 4.67. The second-order valence-corrected chi connectivity index (χ2v) is 7.94. The van der Waals surface area contributed by atoms with E-state index in [-0.39, 0.29) is 5.91 Å². The minimum Gasteiger partial charge on any atom is -0.383 e. The van der Waals surface area contributed by atoms with E-state index in [0.29, 0.717) is 17.0 Å². The number of methoxy groups -OCH3 is 1. The molecule has 0 aliphatic carbocycles. The second kappa shape index (κ2) is 6.97. The molecule has 2 aliphatic rings. The number of ether oxygens (including phenoxy) is 1. The van der Waals surface area contributed by atoms with Gasteiger partial charge in [-0.25, -0.2) is 0 Å². The van der Waals surface area contributed by atoms with Crippen molar-refractivity contribution in [3.63, 3.8) is 0 Å². The van der Waals surface area contributed by atoms with Crippen LogP contribution in [0.15, 0.2) is 36.5 Å². The van der Waals surface area contributed by atoms with Crippen molar-refractivity contribution in [3.05, 3.63) is 42.1 Å². The molecule has 3 heterocycles. The van der Waals surface area contributed by atoms with Gasteiger partial charge < -0.3 is 14.5 Å². The van der Waals surface area contributed by atoms with Gasteiger partial charge in [0.1, 0.15) is 0 Å². The zero-order valence-electron chi connectivity index (χ0n) is 15.6. The first-order valence-electron chi connectivity index (χ1n) is 9.43. The Hall–Kier alpha value is -1.98. The van der Waals surface area contributed by atoms with Gasteiger partial charge in [0.25, 0.3) is 5.91 Å². The van der Waals surface area contributed by atoms with Crippen LogP contribution in [0, 0.1) is 5.41 Å². The Balaban J connectivity index is 1.43. The highest BCUT2D eigenvalue weighted by Gasteiger charge is 2.44. The number of rotatable bonds is 3. The van der Waals surface area contributed by atoms with Crippen LogP contribution in [0.5, 0.6) is 0 Å². The minimum absolute atomic E-state index is 0.109. The van der Waals surface area contributed by atoms with Gasteiger partial charge in [-0.05, 0) is 43.9 Å². The van der Waals surface area contributed by atoms with Crippen LogP contribution in [0.1, 0.15) is 29.6 Å². The lowest BCUT2D eigenvalue weighted by molar-refractivity contribution is 0.0592. The molecule has 1 aromatic heterocycles. The maximum Gasteiger partial charge on any atom is 0.255 e. The largest absolute Gasteiger partial charge is 0.383 e. The van der Waals surface area contributed by atoms with Crippen LogP contribution < -0.4 is 0 Å². The number of benzene rings is 1. The van der Waals surface area contributed by atoms with E-state index >= 15 is 0 Å². The number of amides is 1. The Bertz CT molecular complexity index is 799. The van der Waals surface area contributed by atoms with E-state index in [0.717, 1.165) is 50.0 Å². The number of hydrogen-bond donors (Lipinski definition) is 0. The monoisotopic (exact) mass is 353 g/mol. The molecule has 0 N–H and O–H groups in total. The summed E-state index contributed by atoms with van der Waals surface area (Å²) < 4.78 is 5.37. The molecule has 0 unspecified atom stereocenters. The Morgan fingerprint density at radius 1 is 1.31 bits per heavy atom. The van der Waals surface area contributed by atoms with Crippen molar-refractivity contribution >= 4 is 16.8 Å². The zero-order chi connectivity index (χ0) is 18.1. The molecule has 5 heteroatoms. The highest BCUT2D eigenvalue weighted by Crippen LogP contribution is 2.43. The number of carbonyl (C=O) groups is 1. The van der Waals surface area contributed by atoms with Crippen LogP contribution in [0.25, 0.3) is 10.9 Å². The van der Waals surface area contributed by atoms with Crippen molar-refractivity contribution in [1.29, 1.82) is 0 Å². The smallest absolute Gasteiger partial charge is 0.255 e. The number of likely N-dealkylation sites (N-methyl/N-ethyl adjacent to an activating group) is 1. The van der Waals surface area contributed by atoms with Gasteiger partial charge in [0.15, 0.2) is 0 Å². The van der Waals surface area contributed by atoms with Gasteiger partial charge in [0, 0.05) is 44.4 Å². The molecule has 1 atom stereocenters. The van der Waals surface area contributed by atoms with E-state index in [1.54, 1.807) is 13.3 Å². The van der Waals surface area contributed by atoms with E-state index in [4.69, 9.17) is 4.74 Å². The van der Waals surface area contributed by atoms with Gasteiger partial charge >= 0.3 is 0 Å². The molecule has 1 aromatic carbocycles. The minimum atomic E-state index is 0.109. The summed E-state index contributed by atoms with van der Waals surface area (Å²) >= 11 is 0. The first-order chi connectivity index (χ1) is 12.6. The molecule has 26 heavy (non-hydrogen) atoms. The molecule has 4 rings (SSSR count). The van der Waals surface area contributed by atoms with Crippen LogP contribution in [0.2, 0.25) is 0 Å². The quantitative estimate of drug-likeness (QED) is 0.851. The fourth-order valence-electron chi connectivity index (χ4n) is 4.67. The number of aromatic nitrogens is 1. The molecule has 0 radical (unpaired) electrons. The molecule has 1 amide bonds. The molecule has 2 saturated heterocycles. The van der Waals surface area contributed by atoms with Crippen molar-refractivity contribution in [1.82, 2.24) is 14.8 Å². The summed E-state index contributed by atoms with van der Waals surface area (Å²) in [7, 11) is 3.97. The summed E-state index contributed by atoms with van der Waals surface area (Å²) in [5, 5.41) is 1.02. The first kappa shape index (κ1) is 17.4. The molecule has 1 spiro atoms. The lowest BCUT2D eigenvalue weighted by Crippen LogP contribution is -2.44. The van der Waals surface area contributed by atoms with Crippen LogP contribution in [-0.2, 0) is 4.74 Å². The molecule has 2 fully saturated rings. The molecule has 138 valence electrons. The lowest BCUT2D eigenvalue weighted by Gasteiger charge is -2.39. The third kappa shape index (κ3) is 3.21. The van der Waals surface area contributed by atoms with Gasteiger partial charge in [-0.1, -0.05) is 18.2 Å². The maximum absolute atomic E-state index is 12.9. The fraction of sp³-hybridized carbons (Fsp3) is 0.524. The molecular weight excluding hydrogens is 326 g/mol. The van der Waals surface area contributed by atoms with Gasteiger partial charge in [0.05, 0.1) is 17.7 Å². The first-order valence-corrected chi connectivity index (χ1v) is 9.43. The van der Waals surface area contributed by atoms with E-state index in [1.165, 1.54) is 6.42 Å². The summed E-state index contributed by atoms with van der Waals surface area (Å²) in [5.74, 6) is 0.109. The van der Waals surface area contributed by atoms with Gasteiger partial charge in [-0.2, -0.15) is 0 Å². The van der Waals surface area contributed by atoms with Gasteiger partial charge in [-0.15, -0.1) is 0 Å². The lowest BCUT2D eigenvalue weighted by atomic mass is 9.76. The maximum atomic E-state index is 12.9. The number of fused-ring (bicyclic) bond motifs is 1. The predicted molar refractivity (Wildman–Crippen MR) is 102 cm³/mol. The SMILES string of the molecule is COC[C@@H]1CC2(CCN(C(=O)c3cnc4ccccc4c3)CC2)CN1C. The molecule has 2 aliphatic heterocycles. The number of para-hydroxylation sites is 1. The van der Waals surface area contributed by atoms with Crippen molar-refractivity contribution in [3.8, 4) is 0 Å². The normalized spacial score (nSPS) is 23.0. The molecule has 2 aromatic rings. The Kier molecular flexibility index (Phi) is 4.67.